The molecule has 2 rings (SSSR count). The molecule has 6 nitrogen and oxygen atoms in total. The SMILES string of the molecule is CCCOC(=O)c1cccc2c1OB(O)[C@@H](CC(=O)CCC(C)=O)C2. The number of para-hydroxylation sites is 1. The lowest BCUT2D eigenvalue weighted by atomic mass is 9.64. The molecule has 25 heavy (non-hydrogen) atoms. The first-order valence-corrected chi connectivity index (χ1v) is 8.57. The molecule has 0 fully saturated rings. The fourth-order valence-electron chi connectivity index (χ4n) is 2.80. The van der Waals surface area contributed by atoms with Crippen LogP contribution in [0, 0.1) is 0 Å². The Morgan fingerprint density at radius 2 is 2.08 bits per heavy atom. The van der Waals surface area contributed by atoms with Gasteiger partial charge < -0.3 is 19.2 Å². The third kappa shape index (κ3) is 5.16. The van der Waals surface area contributed by atoms with Crippen LogP contribution in [0.3, 0.4) is 0 Å². The summed E-state index contributed by atoms with van der Waals surface area (Å²) in [7, 11) is -1.17. The van der Waals surface area contributed by atoms with Crippen LogP contribution in [0.15, 0.2) is 18.2 Å². The zero-order valence-corrected chi connectivity index (χ0v) is 14.6. The standard InChI is InChI=1S/C18H23BO6/c1-3-9-24-18(22)16-6-4-5-13-10-14(19(23)25-17(13)16)11-15(21)8-7-12(2)20/h4-6,14,23H,3,7-11H2,1-2H3/t14-/m1/s1. The maximum absolute atomic E-state index is 12.1. The van der Waals surface area contributed by atoms with E-state index in [2.05, 4.69) is 0 Å². The molecule has 1 aromatic rings. The van der Waals surface area contributed by atoms with Crippen LogP contribution in [-0.2, 0) is 20.7 Å². The zero-order chi connectivity index (χ0) is 18.4. The predicted molar refractivity (Wildman–Crippen MR) is 92.6 cm³/mol. The Labute approximate surface area is 147 Å². The normalized spacial score (nSPS) is 16.0. The van der Waals surface area contributed by atoms with E-state index in [1.165, 1.54) is 6.92 Å². The van der Waals surface area contributed by atoms with Crippen molar-refractivity contribution in [1.82, 2.24) is 0 Å². The molecule has 0 radical (unpaired) electrons. The van der Waals surface area contributed by atoms with E-state index in [1.807, 2.05) is 13.0 Å². The van der Waals surface area contributed by atoms with Crippen LogP contribution in [0.25, 0.3) is 0 Å². The highest BCUT2D eigenvalue weighted by Gasteiger charge is 2.37. The molecular weight excluding hydrogens is 323 g/mol. The average molecular weight is 346 g/mol. The fraction of sp³-hybridized carbons (Fsp3) is 0.500. The van der Waals surface area contributed by atoms with E-state index in [9.17, 15) is 19.4 Å². The summed E-state index contributed by atoms with van der Waals surface area (Å²) in [4.78, 5) is 35.1. The number of ketones is 2. The van der Waals surface area contributed by atoms with Gasteiger partial charge in [0.15, 0.2) is 0 Å². The molecule has 0 spiro atoms. The van der Waals surface area contributed by atoms with E-state index >= 15 is 0 Å². The summed E-state index contributed by atoms with van der Waals surface area (Å²) < 4.78 is 10.7. The van der Waals surface area contributed by atoms with E-state index < -0.39 is 18.9 Å². The maximum atomic E-state index is 12.1. The molecule has 1 atom stereocenters. The summed E-state index contributed by atoms with van der Waals surface area (Å²) in [6.07, 6.45) is 1.67. The summed E-state index contributed by atoms with van der Waals surface area (Å²) in [5.41, 5.74) is 1.05. The minimum Gasteiger partial charge on any atom is -0.535 e. The molecule has 1 heterocycles. The number of carbonyl (C=O) groups is 3. The van der Waals surface area contributed by atoms with Crippen LogP contribution in [0.4, 0.5) is 0 Å². The van der Waals surface area contributed by atoms with Gasteiger partial charge >= 0.3 is 13.1 Å². The van der Waals surface area contributed by atoms with Crippen LogP contribution in [-0.4, -0.2) is 36.3 Å². The summed E-state index contributed by atoms with van der Waals surface area (Å²) in [6.45, 7) is 3.67. The minimum absolute atomic E-state index is 0.0330. The van der Waals surface area contributed by atoms with Gasteiger partial charge in [-0.25, -0.2) is 4.79 Å². The first kappa shape index (κ1) is 19.2. The second-order valence-electron chi connectivity index (χ2n) is 6.35. The molecule has 0 aliphatic carbocycles. The molecule has 0 unspecified atom stereocenters. The molecule has 0 aromatic heterocycles. The largest absolute Gasteiger partial charge is 0.535 e. The van der Waals surface area contributed by atoms with Crippen molar-refractivity contribution in [2.75, 3.05) is 6.61 Å². The Kier molecular flexibility index (Phi) is 6.76. The number of rotatable bonds is 8. The number of hydrogen-bond acceptors (Lipinski definition) is 6. The molecule has 1 aliphatic heterocycles. The Morgan fingerprint density at radius 3 is 2.76 bits per heavy atom. The molecule has 1 N–H and O–H groups in total. The Morgan fingerprint density at radius 1 is 1.32 bits per heavy atom. The predicted octanol–water partition coefficient (Wildman–Crippen LogP) is 2.37. The molecule has 0 saturated heterocycles. The monoisotopic (exact) mass is 346 g/mol. The number of esters is 1. The number of benzene rings is 1. The molecule has 0 saturated carbocycles. The van der Waals surface area contributed by atoms with Gasteiger partial charge in [-0.2, -0.15) is 0 Å². The molecule has 1 aromatic carbocycles. The summed E-state index contributed by atoms with van der Waals surface area (Å²) in [6, 6.07) is 5.14. The second kappa shape index (κ2) is 8.81. The van der Waals surface area contributed by atoms with Gasteiger partial charge in [-0.05, 0) is 31.4 Å². The highest BCUT2D eigenvalue weighted by Crippen LogP contribution is 2.36. The maximum Gasteiger partial charge on any atom is 0.526 e. The van der Waals surface area contributed by atoms with E-state index in [0.717, 1.165) is 5.56 Å². The van der Waals surface area contributed by atoms with E-state index in [-0.39, 0.29) is 36.4 Å². The van der Waals surface area contributed by atoms with Crippen LogP contribution in [0.2, 0.25) is 5.82 Å². The lowest BCUT2D eigenvalue weighted by Crippen LogP contribution is -2.36. The van der Waals surface area contributed by atoms with Crippen LogP contribution < -0.4 is 4.65 Å². The number of fused-ring (bicyclic) bond motifs is 1. The van der Waals surface area contributed by atoms with Gasteiger partial charge in [-0.3, -0.25) is 4.79 Å². The quantitative estimate of drug-likeness (QED) is 0.574. The van der Waals surface area contributed by atoms with E-state index in [4.69, 9.17) is 9.39 Å². The van der Waals surface area contributed by atoms with Crippen molar-refractivity contribution in [1.29, 1.82) is 0 Å². The van der Waals surface area contributed by atoms with Crippen molar-refractivity contribution < 1.29 is 28.8 Å². The average Bonchev–Trinajstić information content (AvgIpc) is 2.58. The number of Topliss-reactive ketones (excluding diaryl/α,β-unsaturated/α-hetero) is 2. The third-order valence-corrected chi connectivity index (χ3v) is 4.12. The Balaban J connectivity index is 2.08. The van der Waals surface area contributed by atoms with Crippen LogP contribution in [0.5, 0.6) is 5.75 Å². The molecule has 134 valence electrons. The van der Waals surface area contributed by atoms with Gasteiger partial charge in [0.05, 0.1) is 6.61 Å². The first-order chi connectivity index (χ1) is 11.9. The Bertz CT molecular complexity index is 657. The number of ether oxygens (including phenoxy) is 1. The van der Waals surface area contributed by atoms with Crippen molar-refractivity contribution >= 4 is 24.7 Å². The molecule has 0 bridgehead atoms. The van der Waals surface area contributed by atoms with Gasteiger partial charge in [0.25, 0.3) is 0 Å². The molecule has 1 aliphatic rings. The first-order valence-electron chi connectivity index (χ1n) is 8.57. The lowest BCUT2D eigenvalue weighted by Gasteiger charge is -2.28. The van der Waals surface area contributed by atoms with Gasteiger partial charge in [0.2, 0.25) is 0 Å². The summed E-state index contributed by atoms with van der Waals surface area (Å²) >= 11 is 0. The summed E-state index contributed by atoms with van der Waals surface area (Å²) in [5, 5.41) is 10.2. The van der Waals surface area contributed by atoms with Crippen molar-refractivity contribution in [2.45, 2.75) is 51.8 Å². The van der Waals surface area contributed by atoms with Gasteiger partial charge in [0, 0.05) is 25.1 Å². The minimum atomic E-state index is -1.17. The number of carbonyl (C=O) groups excluding carboxylic acids is 3. The van der Waals surface area contributed by atoms with Gasteiger partial charge in [-0.15, -0.1) is 0 Å². The lowest BCUT2D eigenvalue weighted by molar-refractivity contribution is -0.123. The van der Waals surface area contributed by atoms with Crippen molar-refractivity contribution in [2.24, 2.45) is 0 Å². The topological polar surface area (TPSA) is 89.9 Å². The van der Waals surface area contributed by atoms with E-state index in [1.54, 1.807) is 12.1 Å². The van der Waals surface area contributed by atoms with Crippen LogP contribution >= 0.6 is 0 Å². The number of hydrogen-bond donors (Lipinski definition) is 1. The van der Waals surface area contributed by atoms with Crippen molar-refractivity contribution in [3.8, 4) is 5.75 Å². The highest BCUT2D eigenvalue weighted by atomic mass is 16.5. The molecule has 7 heteroatoms. The zero-order valence-electron chi connectivity index (χ0n) is 14.6. The van der Waals surface area contributed by atoms with Gasteiger partial charge in [-0.1, -0.05) is 19.1 Å². The summed E-state index contributed by atoms with van der Waals surface area (Å²) in [5.74, 6) is -0.668. The molecular formula is C18H23BO6. The van der Waals surface area contributed by atoms with Crippen LogP contribution in [0.1, 0.15) is 55.5 Å². The highest BCUT2D eigenvalue weighted by molar-refractivity contribution is 6.47. The second-order valence-corrected chi connectivity index (χ2v) is 6.35. The van der Waals surface area contributed by atoms with Gasteiger partial charge in [0.1, 0.15) is 22.9 Å². The third-order valence-electron chi connectivity index (χ3n) is 4.12. The fourth-order valence-corrected chi connectivity index (χ4v) is 2.80. The van der Waals surface area contributed by atoms with Crippen molar-refractivity contribution in [3.05, 3.63) is 29.3 Å². The van der Waals surface area contributed by atoms with E-state index in [0.29, 0.717) is 25.2 Å². The van der Waals surface area contributed by atoms with Crippen molar-refractivity contribution in [3.63, 3.8) is 0 Å². The smallest absolute Gasteiger partial charge is 0.526 e. The Hall–Kier alpha value is -2.15. The molecule has 0 amide bonds.